The summed E-state index contributed by atoms with van der Waals surface area (Å²) >= 11 is 0. The molecular weight excluding hydrogens is 622 g/mol. The van der Waals surface area contributed by atoms with E-state index in [0.717, 1.165) is 11.0 Å². The van der Waals surface area contributed by atoms with E-state index in [1.165, 1.54) is 24.3 Å². The number of hydrogen-bond donors (Lipinski definition) is 4. The zero-order valence-corrected chi connectivity index (χ0v) is 25.6. The fourth-order valence-corrected chi connectivity index (χ4v) is 5.91. The van der Waals surface area contributed by atoms with Crippen LogP contribution in [-0.2, 0) is 14.4 Å². The first kappa shape index (κ1) is 32.0. The molecule has 48 heavy (non-hydrogen) atoms. The van der Waals surface area contributed by atoms with Gasteiger partial charge in [0.1, 0.15) is 22.9 Å². The predicted octanol–water partition coefficient (Wildman–Crippen LogP) is 4.24. The van der Waals surface area contributed by atoms with Crippen molar-refractivity contribution >= 4 is 46.2 Å². The van der Waals surface area contributed by atoms with Crippen LogP contribution in [0.4, 0.5) is 5.69 Å². The Morgan fingerprint density at radius 1 is 0.917 bits per heavy atom. The zero-order chi connectivity index (χ0) is 33.9. The maximum absolute atomic E-state index is 13.2. The van der Waals surface area contributed by atoms with E-state index in [1.54, 1.807) is 24.3 Å². The Morgan fingerprint density at radius 2 is 1.69 bits per heavy atom. The van der Waals surface area contributed by atoms with Crippen molar-refractivity contribution in [2.45, 2.75) is 51.0 Å². The number of rotatable bonds is 11. The van der Waals surface area contributed by atoms with E-state index in [0.29, 0.717) is 31.2 Å². The molecule has 6 rings (SSSR count). The van der Waals surface area contributed by atoms with Crippen molar-refractivity contribution in [3.63, 3.8) is 0 Å². The molecule has 0 bridgehead atoms. The average molecular weight is 654 g/mol. The Morgan fingerprint density at radius 3 is 2.46 bits per heavy atom. The number of carbonyl (C=O) groups is 5. The summed E-state index contributed by atoms with van der Waals surface area (Å²) in [7, 11) is 0. The number of phenolic OH excluding ortho intramolecular Hbond substituents is 2. The quantitative estimate of drug-likeness (QED) is 0.134. The molecular formula is C35H31N3O10. The van der Waals surface area contributed by atoms with Crippen LogP contribution in [0, 0.1) is 0 Å². The number of fused-ring (bicyclic) bond motifs is 2. The number of ether oxygens (including phenoxy) is 1. The van der Waals surface area contributed by atoms with Gasteiger partial charge in [0.2, 0.25) is 23.5 Å². The van der Waals surface area contributed by atoms with Gasteiger partial charge in [0, 0.05) is 30.5 Å². The molecule has 0 saturated carbocycles. The third kappa shape index (κ3) is 6.21. The summed E-state index contributed by atoms with van der Waals surface area (Å²) in [6.07, 6.45) is 2.55. The number of aromatic hydroxyl groups is 2. The lowest BCUT2D eigenvalue weighted by atomic mass is 10.0. The minimum absolute atomic E-state index is 0.00337. The fraction of sp³-hybridized carbons (Fsp3) is 0.257. The molecule has 246 valence electrons. The molecule has 3 aromatic carbocycles. The van der Waals surface area contributed by atoms with Crippen LogP contribution in [0.5, 0.6) is 17.2 Å². The van der Waals surface area contributed by atoms with Gasteiger partial charge in [-0.15, -0.1) is 0 Å². The van der Waals surface area contributed by atoms with Gasteiger partial charge in [-0.1, -0.05) is 49.2 Å². The first-order valence-electron chi connectivity index (χ1n) is 15.5. The first-order chi connectivity index (χ1) is 23.1. The summed E-state index contributed by atoms with van der Waals surface area (Å²) in [5, 5.41) is 25.6. The molecule has 1 atom stereocenters. The number of carbonyl (C=O) groups excluding carboxylic acids is 5. The third-order valence-electron chi connectivity index (χ3n) is 8.26. The van der Waals surface area contributed by atoms with Crippen LogP contribution < -0.4 is 20.8 Å². The lowest BCUT2D eigenvalue weighted by Gasteiger charge is -2.27. The van der Waals surface area contributed by atoms with Crippen LogP contribution in [0.1, 0.15) is 65.7 Å². The van der Waals surface area contributed by atoms with Gasteiger partial charge in [0.15, 0.2) is 16.8 Å². The highest BCUT2D eigenvalue weighted by molar-refractivity contribution is 6.26. The highest BCUT2D eigenvalue weighted by atomic mass is 16.5. The molecule has 0 aliphatic carbocycles. The van der Waals surface area contributed by atoms with E-state index in [9.17, 15) is 39.0 Å². The number of hydrogen-bond acceptors (Lipinski definition) is 10. The van der Waals surface area contributed by atoms with E-state index in [1.807, 2.05) is 6.07 Å². The molecule has 13 heteroatoms. The lowest BCUT2D eigenvalue weighted by Crippen LogP contribution is -2.54. The Bertz CT molecular complexity index is 2020. The van der Waals surface area contributed by atoms with Gasteiger partial charge in [0.05, 0.1) is 23.4 Å². The number of anilines is 1. The predicted molar refractivity (Wildman–Crippen MR) is 172 cm³/mol. The van der Waals surface area contributed by atoms with Gasteiger partial charge in [-0.05, 0) is 31.4 Å². The van der Waals surface area contributed by atoms with Crippen molar-refractivity contribution in [1.82, 2.24) is 10.2 Å². The number of unbranched alkanes of at least 4 members (excludes halogenated alkanes) is 3. The second-order valence-electron chi connectivity index (χ2n) is 11.5. The number of imide groups is 2. The second kappa shape index (κ2) is 13.4. The molecule has 0 spiro atoms. The molecule has 2 aliphatic rings. The van der Waals surface area contributed by atoms with Crippen molar-refractivity contribution in [3.05, 3.63) is 82.0 Å². The van der Waals surface area contributed by atoms with Crippen LogP contribution >= 0.6 is 0 Å². The summed E-state index contributed by atoms with van der Waals surface area (Å²) < 4.78 is 11.7. The molecule has 1 aromatic heterocycles. The highest BCUT2D eigenvalue weighted by Gasteiger charge is 2.45. The lowest BCUT2D eigenvalue weighted by molar-refractivity contribution is -0.136. The Hall–Kier alpha value is -5.98. The van der Waals surface area contributed by atoms with Crippen LogP contribution in [0.3, 0.4) is 0 Å². The molecule has 1 fully saturated rings. The number of amides is 5. The largest absolute Gasteiger partial charge is 0.507 e. The van der Waals surface area contributed by atoms with E-state index in [-0.39, 0.29) is 76.8 Å². The van der Waals surface area contributed by atoms with Gasteiger partial charge < -0.3 is 24.7 Å². The Kier molecular flexibility index (Phi) is 8.93. The summed E-state index contributed by atoms with van der Waals surface area (Å²) in [6, 6.07) is 14.6. The minimum atomic E-state index is -1.11. The van der Waals surface area contributed by atoms with Crippen LogP contribution in [0.25, 0.3) is 22.3 Å². The summed E-state index contributed by atoms with van der Waals surface area (Å²) in [5.41, 5.74) is 0.337. The summed E-state index contributed by atoms with van der Waals surface area (Å²) in [4.78, 5) is 76.6. The Balaban J connectivity index is 1.02. The number of nitrogens with one attached hydrogen (secondary N) is 2. The van der Waals surface area contributed by atoms with Crippen LogP contribution in [0.2, 0.25) is 0 Å². The normalized spacial score (nSPS) is 15.8. The van der Waals surface area contributed by atoms with Crippen LogP contribution in [-0.4, -0.2) is 57.3 Å². The van der Waals surface area contributed by atoms with Gasteiger partial charge >= 0.3 is 0 Å². The first-order valence-corrected chi connectivity index (χ1v) is 15.5. The molecule has 13 nitrogen and oxygen atoms in total. The van der Waals surface area contributed by atoms with Crippen LogP contribution in [0.15, 0.2) is 69.9 Å². The number of phenols is 2. The van der Waals surface area contributed by atoms with Gasteiger partial charge in [-0.3, -0.25) is 39.0 Å². The smallest absolute Gasteiger partial charge is 0.264 e. The average Bonchev–Trinajstić information content (AvgIpc) is 3.31. The van der Waals surface area contributed by atoms with Gasteiger partial charge in [0.25, 0.3) is 11.8 Å². The minimum Gasteiger partial charge on any atom is -0.507 e. The third-order valence-corrected chi connectivity index (χ3v) is 8.26. The number of piperidine rings is 1. The maximum atomic E-state index is 13.2. The van der Waals surface area contributed by atoms with Crippen molar-refractivity contribution in [2.24, 2.45) is 0 Å². The molecule has 5 amide bonds. The maximum Gasteiger partial charge on any atom is 0.264 e. The molecule has 3 heterocycles. The fourth-order valence-electron chi connectivity index (χ4n) is 5.91. The second-order valence-corrected chi connectivity index (χ2v) is 11.5. The summed E-state index contributed by atoms with van der Waals surface area (Å²) in [6.45, 7) is 0.162. The SMILES string of the molecule is O=C1CCC(N2C(=O)c3cccc(NC(=O)CCCCCCOc4c(O)cc(O)c5c(=O)cc(-c6ccccc6)oc45)c3C2=O)C(=O)N1. The molecule has 2 aliphatic heterocycles. The number of benzene rings is 3. The van der Waals surface area contributed by atoms with E-state index in [4.69, 9.17) is 9.15 Å². The molecule has 0 radical (unpaired) electrons. The standard InChI is InChI=1S/C35H31N3O10/c39-23-17-25(41)31(32-30(23)24(40)18-26(48-32)19-9-4-3-5-10-19)47-16-7-2-1-6-13-27(42)36-21-12-8-11-20-29(21)35(46)38(34(20)45)22-14-15-28(43)37-33(22)44/h3-5,8-12,17-18,22,39,41H,1-2,6-7,13-16H2,(H,36,42)(H,37,43,44). The summed E-state index contributed by atoms with van der Waals surface area (Å²) in [5.74, 6) is -3.51. The molecule has 1 unspecified atom stereocenters. The van der Waals surface area contributed by atoms with Gasteiger partial charge in [-0.2, -0.15) is 0 Å². The van der Waals surface area contributed by atoms with Crippen molar-refractivity contribution in [3.8, 4) is 28.6 Å². The van der Waals surface area contributed by atoms with Crippen molar-refractivity contribution < 1.29 is 43.3 Å². The molecule has 4 N–H and O–H groups in total. The van der Waals surface area contributed by atoms with E-state index in [2.05, 4.69) is 10.6 Å². The molecule has 1 saturated heterocycles. The zero-order valence-electron chi connectivity index (χ0n) is 25.6. The van der Waals surface area contributed by atoms with E-state index < -0.39 is 40.8 Å². The topological polar surface area (TPSA) is 193 Å². The van der Waals surface area contributed by atoms with Crippen molar-refractivity contribution in [1.29, 1.82) is 0 Å². The van der Waals surface area contributed by atoms with E-state index >= 15 is 0 Å². The van der Waals surface area contributed by atoms with Crippen molar-refractivity contribution in [2.75, 3.05) is 11.9 Å². The monoisotopic (exact) mass is 653 g/mol. The molecule has 4 aromatic rings. The Labute approximate surface area is 273 Å². The number of nitrogens with zero attached hydrogens (tertiary/aromatic N) is 1. The van der Waals surface area contributed by atoms with Gasteiger partial charge in [-0.25, -0.2) is 0 Å². The highest BCUT2D eigenvalue weighted by Crippen LogP contribution is 2.40.